The van der Waals surface area contributed by atoms with Gasteiger partial charge < -0.3 is 10.4 Å². The molecular formula is C15H20BrNO3. The molecule has 0 saturated carbocycles. The molecule has 1 rings (SSSR count). The number of carbonyl (C=O) groups excluding carboxylic acids is 1. The van der Waals surface area contributed by atoms with E-state index in [2.05, 4.69) is 21.2 Å². The van der Waals surface area contributed by atoms with Crippen molar-refractivity contribution < 1.29 is 14.7 Å². The van der Waals surface area contributed by atoms with E-state index in [4.69, 9.17) is 5.11 Å². The fraction of sp³-hybridized carbons (Fsp3) is 0.467. The molecule has 0 unspecified atom stereocenters. The second-order valence-electron chi connectivity index (χ2n) is 4.85. The quantitative estimate of drug-likeness (QED) is 0.800. The highest BCUT2D eigenvalue weighted by molar-refractivity contribution is 9.10. The lowest BCUT2D eigenvalue weighted by molar-refractivity contribution is -0.142. The summed E-state index contributed by atoms with van der Waals surface area (Å²) in [4.78, 5) is 23.0. The van der Waals surface area contributed by atoms with Crippen LogP contribution in [0.4, 0.5) is 0 Å². The van der Waals surface area contributed by atoms with Gasteiger partial charge in [0, 0.05) is 4.47 Å². The number of rotatable bonds is 7. The Kier molecular flexibility index (Phi) is 6.71. The first-order valence-corrected chi connectivity index (χ1v) is 7.50. The first-order valence-electron chi connectivity index (χ1n) is 6.71. The third-order valence-electron chi connectivity index (χ3n) is 3.14. The molecule has 0 radical (unpaired) electrons. The van der Waals surface area contributed by atoms with Crippen LogP contribution < -0.4 is 5.32 Å². The summed E-state index contributed by atoms with van der Waals surface area (Å²) in [6, 6.07) is 4.90. The minimum atomic E-state index is -0.973. The van der Waals surface area contributed by atoms with Crippen LogP contribution in [0.25, 0.3) is 0 Å². The second-order valence-corrected chi connectivity index (χ2v) is 5.76. The Hall–Kier alpha value is -1.36. The van der Waals surface area contributed by atoms with E-state index in [1.54, 1.807) is 0 Å². The standard InChI is InChI=1S/C15H20BrNO3/c1-3-4-5-13(15(19)20)17-14(18)9-11-6-7-12(16)8-10(11)2/h6-8,13H,3-5,9H2,1-2H3,(H,17,18)(H,19,20)/t13-/m0/s1. The van der Waals surface area contributed by atoms with Gasteiger partial charge in [0.1, 0.15) is 6.04 Å². The Labute approximate surface area is 127 Å². The van der Waals surface area contributed by atoms with E-state index in [-0.39, 0.29) is 12.3 Å². The van der Waals surface area contributed by atoms with Crippen molar-refractivity contribution in [1.82, 2.24) is 5.32 Å². The van der Waals surface area contributed by atoms with E-state index < -0.39 is 12.0 Å². The number of aryl methyl sites for hydroxylation is 1. The summed E-state index contributed by atoms with van der Waals surface area (Å²) in [6.07, 6.45) is 2.37. The van der Waals surface area contributed by atoms with Crippen LogP contribution in [0.2, 0.25) is 0 Å². The van der Waals surface area contributed by atoms with Gasteiger partial charge >= 0.3 is 5.97 Å². The molecule has 20 heavy (non-hydrogen) atoms. The number of carboxylic acids is 1. The number of amides is 1. The Morgan fingerprint density at radius 3 is 2.65 bits per heavy atom. The lowest BCUT2D eigenvalue weighted by atomic mass is 10.0. The van der Waals surface area contributed by atoms with Crippen LogP contribution in [0.15, 0.2) is 22.7 Å². The van der Waals surface area contributed by atoms with Gasteiger partial charge in [-0.05, 0) is 36.6 Å². The monoisotopic (exact) mass is 341 g/mol. The molecule has 0 bridgehead atoms. The highest BCUT2D eigenvalue weighted by atomic mass is 79.9. The predicted molar refractivity (Wildman–Crippen MR) is 81.7 cm³/mol. The van der Waals surface area contributed by atoms with Crippen molar-refractivity contribution >= 4 is 27.8 Å². The van der Waals surface area contributed by atoms with Gasteiger partial charge in [0.2, 0.25) is 5.91 Å². The van der Waals surface area contributed by atoms with Crippen molar-refractivity contribution in [2.24, 2.45) is 0 Å². The molecule has 4 nitrogen and oxygen atoms in total. The number of nitrogens with one attached hydrogen (secondary N) is 1. The Morgan fingerprint density at radius 2 is 2.10 bits per heavy atom. The number of halogens is 1. The highest BCUT2D eigenvalue weighted by Gasteiger charge is 2.19. The molecule has 2 N–H and O–H groups in total. The number of hydrogen-bond donors (Lipinski definition) is 2. The van der Waals surface area contributed by atoms with E-state index in [0.29, 0.717) is 6.42 Å². The Bertz CT molecular complexity index is 488. The molecule has 0 fully saturated rings. The van der Waals surface area contributed by atoms with Gasteiger partial charge in [-0.25, -0.2) is 4.79 Å². The van der Waals surface area contributed by atoms with Crippen LogP contribution in [0, 0.1) is 6.92 Å². The van der Waals surface area contributed by atoms with Crippen molar-refractivity contribution in [3.63, 3.8) is 0 Å². The Balaban J connectivity index is 2.63. The molecule has 0 aliphatic heterocycles. The first-order chi connectivity index (χ1) is 9.43. The molecule has 110 valence electrons. The molecule has 5 heteroatoms. The van der Waals surface area contributed by atoms with Crippen LogP contribution >= 0.6 is 15.9 Å². The number of hydrogen-bond acceptors (Lipinski definition) is 2. The lowest BCUT2D eigenvalue weighted by Crippen LogP contribution is -2.41. The lowest BCUT2D eigenvalue weighted by Gasteiger charge is -2.14. The second kappa shape index (κ2) is 8.04. The van der Waals surface area contributed by atoms with Crippen LogP contribution in [-0.2, 0) is 16.0 Å². The molecule has 1 aromatic carbocycles. The third kappa shape index (κ3) is 5.33. The SMILES string of the molecule is CCCC[C@H](NC(=O)Cc1ccc(Br)cc1C)C(=O)O. The van der Waals surface area contributed by atoms with Gasteiger partial charge in [-0.2, -0.15) is 0 Å². The normalized spacial score (nSPS) is 11.9. The summed E-state index contributed by atoms with van der Waals surface area (Å²) in [6.45, 7) is 3.92. The average molecular weight is 342 g/mol. The van der Waals surface area contributed by atoms with Gasteiger partial charge in [0.05, 0.1) is 6.42 Å². The van der Waals surface area contributed by atoms with Crippen molar-refractivity contribution in [3.8, 4) is 0 Å². The summed E-state index contributed by atoms with van der Waals surface area (Å²) >= 11 is 3.37. The summed E-state index contributed by atoms with van der Waals surface area (Å²) < 4.78 is 0.963. The van der Waals surface area contributed by atoms with E-state index in [1.807, 2.05) is 32.0 Å². The molecule has 0 aromatic heterocycles. The maximum Gasteiger partial charge on any atom is 0.326 e. The molecule has 0 aliphatic carbocycles. The van der Waals surface area contributed by atoms with E-state index in [0.717, 1.165) is 28.4 Å². The minimum absolute atomic E-state index is 0.203. The Morgan fingerprint density at radius 1 is 1.40 bits per heavy atom. The average Bonchev–Trinajstić information content (AvgIpc) is 2.37. The molecule has 1 aromatic rings. The van der Waals surface area contributed by atoms with Gasteiger partial charge in [0.15, 0.2) is 0 Å². The summed E-state index contributed by atoms with van der Waals surface area (Å²) in [5.74, 6) is -1.22. The van der Waals surface area contributed by atoms with Crippen LogP contribution in [0.5, 0.6) is 0 Å². The van der Waals surface area contributed by atoms with Crippen molar-refractivity contribution in [3.05, 3.63) is 33.8 Å². The number of carboxylic acid groups (broad SMARTS) is 1. The topological polar surface area (TPSA) is 66.4 Å². The largest absolute Gasteiger partial charge is 0.480 e. The molecule has 1 amide bonds. The molecule has 0 heterocycles. The molecule has 0 aliphatic rings. The maximum absolute atomic E-state index is 11.9. The molecule has 0 saturated heterocycles. The van der Waals surface area contributed by atoms with Crippen LogP contribution in [0.1, 0.15) is 37.3 Å². The fourth-order valence-corrected chi connectivity index (χ4v) is 2.42. The zero-order chi connectivity index (χ0) is 15.1. The zero-order valence-corrected chi connectivity index (χ0v) is 13.4. The van der Waals surface area contributed by atoms with Crippen molar-refractivity contribution in [1.29, 1.82) is 0 Å². The van der Waals surface area contributed by atoms with E-state index >= 15 is 0 Å². The molecule has 0 spiro atoms. The summed E-state index contributed by atoms with van der Waals surface area (Å²) in [5, 5.41) is 11.7. The predicted octanol–water partition coefficient (Wildman–Crippen LogP) is 3.06. The summed E-state index contributed by atoms with van der Waals surface area (Å²) in [5.41, 5.74) is 1.92. The highest BCUT2D eigenvalue weighted by Crippen LogP contribution is 2.16. The summed E-state index contributed by atoms with van der Waals surface area (Å²) in [7, 11) is 0. The molecule has 1 atom stereocenters. The van der Waals surface area contributed by atoms with Gasteiger partial charge in [0.25, 0.3) is 0 Å². The third-order valence-corrected chi connectivity index (χ3v) is 3.63. The van der Waals surface area contributed by atoms with Crippen molar-refractivity contribution in [2.75, 3.05) is 0 Å². The van der Waals surface area contributed by atoms with E-state index in [1.165, 1.54) is 0 Å². The number of benzene rings is 1. The molecular weight excluding hydrogens is 322 g/mol. The van der Waals surface area contributed by atoms with Gasteiger partial charge in [-0.1, -0.05) is 41.8 Å². The van der Waals surface area contributed by atoms with E-state index in [9.17, 15) is 9.59 Å². The first kappa shape index (κ1) is 16.7. The van der Waals surface area contributed by atoms with Crippen LogP contribution in [0.3, 0.4) is 0 Å². The number of carbonyl (C=O) groups is 2. The zero-order valence-electron chi connectivity index (χ0n) is 11.8. The van der Waals surface area contributed by atoms with Crippen molar-refractivity contribution in [2.45, 2.75) is 45.6 Å². The minimum Gasteiger partial charge on any atom is -0.480 e. The fourth-order valence-electron chi connectivity index (χ4n) is 1.94. The van der Waals surface area contributed by atoms with Gasteiger partial charge in [-0.3, -0.25) is 4.79 Å². The van der Waals surface area contributed by atoms with Crippen LogP contribution in [-0.4, -0.2) is 23.0 Å². The maximum atomic E-state index is 11.9. The smallest absolute Gasteiger partial charge is 0.326 e. The van der Waals surface area contributed by atoms with Gasteiger partial charge in [-0.15, -0.1) is 0 Å². The number of aliphatic carboxylic acids is 1. The number of unbranched alkanes of at least 4 members (excludes halogenated alkanes) is 1.